The molecular weight excluding hydrogens is 294 g/mol. The molecule has 2 aromatic rings. The molecule has 0 saturated carbocycles. The maximum atomic E-state index is 12.0. The van der Waals surface area contributed by atoms with Crippen LogP contribution in [0, 0.1) is 6.92 Å². The van der Waals surface area contributed by atoms with Crippen LogP contribution in [0.25, 0.3) is 0 Å². The van der Waals surface area contributed by atoms with E-state index in [1.54, 1.807) is 18.2 Å². The third-order valence-electron chi connectivity index (χ3n) is 2.45. The van der Waals surface area contributed by atoms with Gasteiger partial charge in [-0.3, -0.25) is 4.79 Å². The standard InChI is InChI=1S/C13H12BrN3O/c1-8-5-6-9(14)7-11(8)17-13(18)10-3-2-4-12(15)16-10/h2-7H,1H3,(H2,15,16)(H,17,18). The van der Waals surface area contributed by atoms with Crippen LogP contribution in [-0.4, -0.2) is 10.9 Å². The summed E-state index contributed by atoms with van der Waals surface area (Å²) < 4.78 is 0.906. The first-order chi connectivity index (χ1) is 8.56. The van der Waals surface area contributed by atoms with Gasteiger partial charge in [0.25, 0.3) is 5.91 Å². The zero-order chi connectivity index (χ0) is 13.1. The van der Waals surface area contributed by atoms with Gasteiger partial charge in [-0.25, -0.2) is 4.98 Å². The maximum Gasteiger partial charge on any atom is 0.274 e. The minimum absolute atomic E-state index is 0.275. The van der Waals surface area contributed by atoms with Crippen LogP contribution in [0.4, 0.5) is 11.5 Å². The van der Waals surface area contributed by atoms with E-state index in [0.717, 1.165) is 15.7 Å². The lowest BCUT2D eigenvalue weighted by molar-refractivity contribution is 0.102. The molecule has 0 atom stereocenters. The molecule has 0 fully saturated rings. The van der Waals surface area contributed by atoms with Crippen LogP contribution in [0.2, 0.25) is 0 Å². The number of carbonyl (C=O) groups excluding carboxylic acids is 1. The van der Waals surface area contributed by atoms with E-state index in [9.17, 15) is 4.79 Å². The van der Waals surface area contributed by atoms with Crippen LogP contribution in [0.5, 0.6) is 0 Å². The van der Waals surface area contributed by atoms with Gasteiger partial charge in [0.15, 0.2) is 0 Å². The number of hydrogen-bond donors (Lipinski definition) is 2. The van der Waals surface area contributed by atoms with Gasteiger partial charge in [0.1, 0.15) is 11.5 Å². The van der Waals surface area contributed by atoms with Gasteiger partial charge in [0, 0.05) is 10.2 Å². The monoisotopic (exact) mass is 305 g/mol. The fourth-order valence-electron chi connectivity index (χ4n) is 1.49. The average Bonchev–Trinajstić information content (AvgIpc) is 2.34. The van der Waals surface area contributed by atoms with E-state index in [2.05, 4.69) is 26.2 Å². The molecule has 0 spiro atoms. The van der Waals surface area contributed by atoms with Gasteiger partial charge < -0.3 is 11.1 Å². The van der Waals surface area contributed by atoms with E-state index >= 15 is 0 Å². The van der Waals surface area contributed by atoms with Crippen molar-refractivity contribution in [2.75, 3.05) is 11.1 Å². The number of nitrogens with one attached hydrogen (secondary N) is 1. The van der Waals surface area contributed by atoms with E-state index in [1.165, 1.54) is 0 Å². The number of benzene rings is 1. The number of rotatable bonds is 2. The average molecular weight is 306 g/mol. The molecule has 0 radical (unpaired) electrons. The molecule has 1 aromatic heterocycles. The second-order valence-electron chi connectivity index (χ2n) is 3.86. The summed E-state index contributed by atoms with van der Waals surface area (Å²) in [6, 6.07) is 10.7. The topological polar surface area (TPSA) is 68.0 Å². The number of aromatic nitrogens is 1. The molecule has 92 valence electrons. The molecule has 3 N–H and O–H groups in total. The molecule has 2 rings (SSSR count). The third-order valence-corrected chi connectivity index (χ3v) is 2.94. The highest BCUT2D eigenvalue weighted by atomic mass is 79.9. The fourth-order valence-corrected chi connectivity index (χ4v) is 1.85. The van der Waals surface area contributed by atoms with Crippen molar-refractivity contribution in [2.24, 2.45) is 0 Å². The van der Waals surface area contributed by atoms with Gasteiger partial charge in [0.2, 0.25) is 0 Å². The van der Waals surface area contributed by atoms with Crippen molar-refractivity contribution in [3.63, 3.8) is 0 Å². The van der Waals surface area contributed by atoms with Gasteiger partial charge in [-0.05, 0) is 36.8 Å². The molecule has 0 bridgehead atoms. The Bertz CT molecular complexity index is 599. The van der Waals surface area contributed by atoms with E-state index in [1.807, 2.05) is 25.1 Å². The van der Waals surface area contributed by atoms with Gasteiger partial charge in [-0.2, -0.15) is 0 Å². The molecule has 4 nitrogen and oxygen atoms in total. The quantitative estimate of drug-likeness (QED) is 0.896. The maximum absolute atomic E-state index is 12.0. The number of nitrogens with two attached hydrogens (primary N) is 1. The lowest BCUT2D eigenvalue weighted by Gasteiger charge is -2.08. The Labute approximate surface area is 113 Å². The molecule has 0 aliphatic carbocycles. The van der Waals surface area contributed by atoms with Gasteiger partial charge >= 0.3 is 0 Å². The predicted octanol–water partition coefficient (Wildman–Crippen LogP) is 2.99. The SMILES string of the molecule is Cc1ccc(Br)cc1NC(=O)c1cccc(N)n1. The molecule has 0 aliphatic rings. The number of anilines is 2. The molecule has 1 heterocycles. The Morgan fingerprint density at radius 3 is 2.83 bits per heavy atom. The largest absolute Gasteiger partial charge is 0.384 e. The first kappa shape index (κ1) is 12.6. The molecule has 0 saturated heterocycles. The van der Waals surface area contributed by atoms with Crippen LogP contribution in [0.1, 0.15) is 16.1 Å². The zero-order valence-corrected chi connectivity index (χ0v) is 11.4. The summed E-state index contributed by atoms with van der Waals surface area (Å²) in [5.41, 5.74) is 7.58. The zero-order valence-electron chi connectivity index (χ0n) is 9.77. The third kappa shape index (κ3) is 2.87. The first-order valence-corrected chi connectivity index (χ1v) is 6.15. The Balaban J connectivity index is 2.24. The van der Waals surface area contributed by atoms with Crippen molar-refractivity contribution < 1.29 is 4.79 Å². The van der Waals surface area contributed by atoms with E-state index < -0.39 is 0 Å². The predicted molar refractivity (Wildman–Crippen MR) is 75.5 cm³/mol. The first-order valence-electron chi connectivity index (χ1n) is 5.36. The van der Waals surface area contributed by atoms with Crippen molar-refractivity contribution in [1.82, 2.24) is 4.98 Å². The van der Waals surface area contributed by atoms with E-state index in [4.69, 9.17) is 5.73 Å². The smallest absolute Gasteiger partial charge is 0.274 e. The summed E-state index contributed by atoms with van der Waals surface area (Å²) in [4.78, 5) is 16.0. The highest BCUT2D eigenvalue weighted by Crippen LogP contribution is 2.21. The summed E-state index contributed by atoms with van der Waals surface area (Å²) in [6.07, 6.45) is 0. The Morgan fingerprint density at radius 1 is 1.33 bits per heavy atom. The second kappa shape index (κ2) is 5.18. The number of nitrogen functional groups attached to an aromatic ring is 1. The normalized spacial score (nSPS) is 10.1. The minimum atomic E-state index is -0.275. The van der Waals surface area contributed by atoms with Gasteiger partial charge in [-0.15, -0.1) is 0 Å². The van der Waals surface area contributed by atoms with Crippen LogP contribution in [-0.2, 0) is 0 Å². The molecule has 0 aliphatic heterocycles. The number of nitrogens with zero attached hydrogens (tertiary/aromatic N) is 1. The molecular formula is C13H12BrN3O. The van der Waals surface area contributed by atoms with Gasteiger partial charge in [0.05, 0.1) is 0 Å². The Kier molecular flexibility index (Phi) is 3.62. The number of pyridine rings is 1. The number of aryl methyl sites for hydroxylation is 1. The lowest BCUT2D eigenvalue weighted by atomic mass is 10.2. The van der Waals surface area contributed by atoms with Crippen molar-refractivity contribution >= 4 is 33.3 Å². The van der Waals surface area contributed by atoms with Crippen molar-refractivity contribution in [1.29, 1.82) is 0 Å². The van der Waals surface area contributed by atoms with Crippen LogP contribution >= 0.6 is 15.9 Å². The van der Waals surface area contributed by atoms with Crippen molar-refractivity contribution in [3.8, 4) is 0 Å². The second-order valence-corrected chi connectivity index (χ2v) is 4.78. The molecule has 1 amide bonds. The number of amides is 1. The fraction of sp³-hybridized carbons (Fsp3) is 0.0769. The molecule has 1 aromatic carbocycles. The molecule has 5 heteroatoms. The summed E-state index contributed by atoms with van der Waals surface area (Å²) in [5.74, 6) is 0.0529. The summed E-state index contributed by atoms with van der Waals surface area (Å²) >= 11 is 3.37. The van der Waals surface area contributed by atoms with Crippen LogP contribution in [0.3, 0.4) is 0 Å². The Hall–Kier alpha value is -1.88. The molecule has 0 unspecified atom stereocenters. The number of carbonyl (C=O) groups is 1. The van der Waals surface area contributed by atoms with Gasteiger partial charge in [-0.1, -0.05) is 28.1 Å². The van der Waals surface area contributed by atoms with Crippen LogP contribution in [0.15, 0.2) is 40.9 Å². The highest BCUT2D eigenvalue weighted by Gasteiger charge is 2.09. The number of halogens is 1. The number of hydrogen-bond acceptors (Lipinski definition) is 3. The highest BCUT2D eigenvalue weighted by molar-refractivity contribution is 9.10. The summed E-state index contributed by atoms with van der Waals surface area (Å²) in [7, 11) is 0. The minimum Gasteiger partial charge on any atom is -0.384 e. The van der Waals surface area contributed by atoms with Crippen LogP contribution < -0.4 is 11.1 Å². The summed E-state index contributed by atoms with van der Waals surface area (Å²) in [6.45, 7) is 1.93. The van der Waals surface area contributed by atoms with Crippen molar-refractivity contribution in [3.05, 3.63) is 52.1 Å². The Morgan fingerprint density at radius 2 is 2.11 bits per heavy atom. The molecule has 18 heavy (non-hydrogen) atoms. The van der Waals surface area contributed by atoms with Crippen molar-refractivity contribution in [2.45, 2.75) is 6.92 Å². The van der Waals surface area contributed by atoms with E-state index in [0.29, 0.717) is 11.5 Å². The summed E-state index contributed by atoms with van der Waals surface area (Å²) in [5, 5.41) is 2.81. The lowest BCUT2D eigenvalue weighted by Crippen LogP contribution is -2.15. The van der Waals surface area contributed by atoms with E-state index in [-0.39, 0.29) is 5.91 Å².